The van der Waals surface area contributed by atoms with Crippen molar-refractivity contribution in [2.45, 2.75) is 37.8 Å². The molecule has 1 aromatic carbocycles. The van der Waals surface area contributed by atoms with E-state index < -0.39 is 6.10 Å². The van der Waals surface area contributed by atoms with Crippen LogP contribution in [0.4, 0.5) is 0 Å². The van der Waals surface area contributed by atoms with Crippen molar-refractivity contribution in [3.8, 4) is 5.75 Å². The van der Waals surface area contributed by atoms with E-state index in [1.165, 1.54) is 19.3 Å². The van der Waals surface area contributed by atoms with E-state index in [9.17, 15) is 5.11 Å². The normalized spacial score (nSPS) is 31.6. The number of hydrogen-bond acceptors (Lipinski definition) is 3. The lowest BCUT2D eigenvalue weighted by Gasteiger charge is -2.48. The van der Waals surface area contributed by atoms with Crippen molar-refractivity contribution in [2.24, 2.45) is 0 Å². The summed E-state index contributed by atoms with van der Waals surface area (Å²) >= 11 is 3.47. The Morgan fingerprint density at radius 3 is 2.79 bits per heavy atom. The maximum Gasteiger partial charge on any atom is 0.125 e. The highest BCUT2D eigenvalue weighted by Crippen LogP contribution is 2.42. The lowest BCUT2D eigenvalue weighted by atomic mass is 9.84. The van der Waals surface area contributed by atoms with Crippen LogP contribution in [0.25, 0.3) is 0 Å². The number of benzene rings is 1. The molecule has 1 aromatic rings. The molecule has 0 spiro atoms. The van der Waals surface area contributed by atoms with Crippen molar-refractivity contribution < 1.29 is 9.84 Å². The Kier molecular flexibility index (Phi) is 3.58. The highest BCUT2D eigenvalue weighted by atomic mass is 79.9. The number of ether oxygens (including phenoxy) is 1. The van der Waals surface area contributed by atoms with Crippen LogP contribution >= 0.6 is 15.9 Å². The van der Waals surface area contributed by atoms with E-state index >= 15 is 0 Å². The number of fused-ring (bicyclic) bond motifs is 1. The van der Waals surface area contributed by atoms with Crippen LogP contribution < -0.4 is 4.74 Å². The fourth-order valence-electron chi connectivity index (χ4n) is 3.17. The first-order valence-corrected chi connectivity index (χ1v) is 7.76. The molecule has 0 bridgehead atoms. The van der Waals surface area contributed by atoms with Gasteiger partial charge in [-0.25, -0.2) is 0 Å². The Bertz CT molecular complexity index is 473. The van der Waals surface area contributed by atoms with Gasteiger partial charge in [-0.05, 0) is 51.1 Å². The van der Waals surface area contributed by atoms with Crippen molar-refractivity contribution in [1.29, 1.82) is 0 Å². The van der Waals surface area contributed by atoms with Crippen molar-refractivity contribution in [2.75, 3.05) is 19.7 Å². The maximum absolute atomic E-state index is 10.8. The molecular weight excluding hydrogens is 306 g/mol. The quantitative estimate of drug-likeness (QED) is 0.861. The van der Waals surface area contributed by atoms with Gasteiger partial charge >= 0.3 is 0 Å². The summed E-state index contributed by atoms with van der Waals surface area (Å²) in [4.78, 5) is 2.39. The van der Waals surface area contributed by atoms with E-state index in [2.05, 4.69) is 27.8 Å². The summed E-state index contributed by atoms with van der Waals surface area (Å²) in [5.74, 6) is 0.810. The lowest BCUT2D eigenvalue weighted by Crippen LogP contribution is -2.57. The van der Waals surface area contributed by atoms with Gasteiger partial charge < -0.3 is 9.84 Å². The predicted octanol–water partition coefficient (Wildman–Crippen LogP) is 3.12. The van der Waals surface area contributed by atoms with Crippen LogP contribution in [-0.2, 0) is 0 Å². The van der Waals surface area contributed by atoms with Gasteiger partial charge in [0.05, 0.1) is 5.54 Å². The zero-order valence-electron chi connectivity index (χ0n) is 11.2. The van der Waals surface area contributed by atoms with Gasteiger partial charge in [-0.2, -0.15) is 0 Å². The van der Waals surface area contributed by atoms with Gasteiger partial charge in [-0.1, -0.05) is 22.4 Å². The van der Waals surface area contributed by atoms with Gasteiger partial charge in [0.2, 0.25) is 0 Å². The zero-order valence-corrected chi connectivity index (χ0v) is 12.8. The predicted molar refractivity (Wildman–Crippen MR) is 78.4 cm³/mol. The number of likely N-dealkylation sites (tertiary alicyclic amines) is 1. The minimum absolute atomic E-state index is 0.311. The molecule has 3 rings (SSSR count). The summed E-state index contributed by atoms with van der Waals surface area (Å²) in [5.41, 5.74) is 0.586. The van der Waals surface area contributed by atoms with Crippen molar-refractivity contribution in [3.63, 3.8) is 0 Å². The van der Waals surface area contributed by atoms with Crippen LogP contribution in [0.3, 0.4) is 0 Å². The first kappa shape index (κ1) is 13.4. The third-order valence-electron chi connectivity index (χ3n) is 4.45. The molecule has 2 atom stereocenters. The van der Waals surface area contributed by atoms with Crippen molar-refractivity contribution in [1.82, 2.24) is 4.90 Å². The summed E-state index contributed by atoms with van der Waals surface area (Å²) in [7, 11) is 0. The molecule has 0 aromatic heterocycles. The highest BCUT2D eigenvalue weighted by molar-refractivity contribution is 9.10. The molecule has 1 fully saturated rings. The molecule has 4 heteroatoms. The third-order valence-corrected chi connectivity index (χ3v) is 4.95. The SMILES string of the molecule is C[C@]1(N2CCCCC2)COc2ccc(Br)cc2[C@H]1O. The van der Waals surface area contributed by atoms with E-state index in [4.69, 9.17) is 4.74 Å². The fraction of sp³-hybridized carbons (Fsp3) is 0.600. The van der Waals surface area contributed by atoms with Gasteiger partial charge in [0.25, 0.3) is 0 Å². The second kappa shape index (κ2) is 5.08. The zero-order chi connectivity index (χ0) is 13.5. The number of aliphatic hydroxyl groups is 1. The number of piperidine rings is 1. The summed E-state index contributed by atoms with van der Waals surface area (Å²) in [5, 5.41) is 10.8. The number of aliphatic hydroxyl groups excluding tert-OH is 1. The van der Waals surface area contributed by atoms with E-state index in [1.54, 1.807) is 0 Å². The molecule has 0 aliphatic carbocycles. The fourth-order valence-corrected chi connectivity index (χ4v) is 3.55. The maximum atomic E-state index is 10.8. The molecule has 104 valence electrons. The molecule has 2 aliphatic rings. The van der Waals surface area contributed by atoms with E-state index in [-0.39, 0.29) is 5.54 Å². The Morgan fingerprint density at radius 2 is 2.05 bits per heavy atom. The molecule has 2 aliphatic heterocycles. The topological polar surface area (TPSA) is 32.7 Å². The molecular formula is C15H20BrNO2. The number of hydrogen-bond donors (Lipinski definition) is 1. The van der Waals surface area contributed by atoms with Gasteiger partial charge in [-0.15, -0.1) is 0 Å². The van der Waals surface area contributed by atoms with E-state index in [1.807, 2.05) is 18.2 Å². The van der Waals surface area contributed by atoms with Gasteiger partial charge in [0.15, 0.2) is 0 Å². The van der Waals surface area contributed by atoms with Gasteiger partial charge in [0.1, 0.15) is 18.5 Å². The smallest absolute Gasteiger partial charge is 0.125 e. The van der Waals surface area contributed by atoms with Crippen molar-refractivity contribution in [3.05, 3.63) is 28.2 Å². The Hall–Kier alpha value is -0.580. The summed E-state index contributed by atoms with van der Waals surface area (Å²) in [6, 6.07) is 5.86. The molecule has 0 radical (unpaired) electrons. The second-order valence-corrected chi connectivity index (χ2v) is 6.69. The molecule has 1 N–H and O–H groups in total. The number of nitrogens with zero attached hydrogens (tertiary/aromatic N) is 1. The molecule has 0 saturated carbocycles. The molecule has 2 heterocycles. The molecule has 0 amide bonds. The minimum atomic E-state index is -0.494. The Morgan fingerprint density at radius 1 is 1.32 bits per heavy atom. The highest BCUT2D eigenvalue weighted by Gasteiger charge is 2.44. The van der Waals surface area contributed by atoms with E-state index in [0.29, 0.717) is 6.61 Å². The van der Waals surface area contributed by atoms with Gasteiger partial charge in [-0.3, -0.25) is 4.90 Å². The Labute approximate surface area is 122 Å². The third kappa shape index (κ3) is 2.30. The average Bonchev–Trinajstić information content (AvgIpc) is 2.45. The first-order chi connectivity index (χ1) is 9.11. The monoisotopic (exact) mass is 325 g/mol. The second-order valence-electron chi connectivity index (χ2n) is 5.78. The van der Waals surface area contributed by atoms with Crippen molar-refractivity contribution >= 4 is 15.9 Å². The first-order valence-electron chi connectivity index (χ1n) is 6.96. The van der Waals surface area contributed by atoms with Crippen LogP contribution in [-0.4, -0.2) is 35.2 Å². The number of halogens is 1. The summed E-state index contributed by atoms with van der Waals surface area (Å²) in [6.45, 7) is 4.79. The molecule has 3 nitrogen and oxygen atoms in total. The average molecular weight is 326 g/mol. The summed E-state index contributed by atoms with van der Waals surface area (Å²) < 4.78 is 6.88. The van der Waals surface area contributed by atoms with Crippen LogP contribution in [0.5, 0.6) is 5.75 Å². The van der Waals surface area contributed by atoms with Crippen LogP contribution in [0.2, 0.25) is 0 Å². The van der Waals surface area contributed by atoms with Gasteiger partial charge in [0, 0.05) is 10.0 Å². The van der Waals surface area contributed by atoms with Crippen LogP contribution in [0, 0.1) is 0 Å². The molecule has 0 unspecified atom stereocenters. The van der Waals surface area contributed by atoms with Crippen LogP contribution in [0.1, 0.15) is 37.9 Å². The molecule has 19 heavy (non-hydrogen) atoms. The standard InChI is InChI=1S/C15H20BrNO2/c1-15(17-7-3-2-4-8-17)10-19-13-6-5-11(16)9-12(13)14(15)18/h5-6,9,14,18H,2-4,7-8,10H2,1H3/t14-,15+/m1/s1. The Balaban J connectivity index is 1.92. The molecule has 1 saturated heterocycles. The largest absolute Gasteiger partial charge is 0.491 e. The van der Waals surface area contributed by atoms with E-state index in [0.717, 1.165) is 28.9 Å². The lowest BCUT2D eigenvalue weighted by molar-refractivity contribution is -0.0713. The number of rotatable bonds is 1. The minimum Gasteiger partial charge on any atom is -0.491 e. The summed E-state index contributed by atoms with van der Waals surface area (Å²) in [6.07, 6.45) is 3.24. The van der Waals surface area contributed by atoms with Crippen LogP contribution in [0.15, 0.2) is 22.7 Å².